The molecule has 5 heteroatoms. The second kappa shape index (κ2) is 5.08. The number of hydrogen-bond donors (Lipinski definition) is 1. The van der Waals surface area contributed by atoms with E-state index in [4.69, 9.17) is 21.3 Å². The first-order valence-corrected chi connectivity index (χ1v) is 8.55. The highest BCUT2D eigenvalue weighted by Gasteiger charge is 2.41. The molecule has 0 atom stereocenters. The lowest BCUT2D eigenvalue weighted by atomic mass is 9.96. The van der Waals surface area contributed by atoms with Crippen molar-refractivity contribution in [2.75, 3.05) is 25.1 Å². The van der Waals surface area contributed by atoms with Crippen molar-refractivity contribution >= 4 is 33.7 Å². The SMILES string of the molecule is Cc1sc2c(c1C)C(c1ccc(Cl)cc1)=NC1(CN2)COC1. The van der Waals surface area contributed by atoms with E-state index in [2.05, 4.69) is 31.3 Å². The van der Waals surface area contributed by atoms with E-state index >= 15 is 0 Å². The highest BCUT2D eigenvalue weighted by atomic mass is 35.5. The third kappa shape index (κ3) is 2.18. The number of fused-ring (bicyclic) bond motifs is 1. The molecule has 1 saturated heterocycles. The van der Waals surface area contributed by atoms with Crippen molar-refractivity contribution in [1.82, 2.24) is 0 Å². The monoisotopic (exact) mass is 332 g/mol. The van der Waals surface area contributed by atoms with Crippen LogP contribution in [0.4, 0.5) is 5.00 Å². The van der Waals surface area contributed by atoms with Crippen molar-refractivity contribution in [2.24, 2.45) is 4.99 Å². The number of aliphatic imine (C=N–C) groups is 1. The summed E-state index contributed by atoms with van der Waals surface area (Å²) in [5.74, 6) is 0. The third-order valence-electron chi connectivity index (χ3n) is 4.41. The Morgan fingerprint density at radius 3 is 2.59 bits per heavy atom. The van der Waals surface area contributed by atoms with Crippen molar-refractivity contribution in [1.29, 1.82) is 0 Å². The number of ether oxygens (including phenoxy) is 1. The quantitative estimate of drug-likeness (QED) is 0.854. The van der Waals surface area contributed by atoms with Gasteiger partial charge in [-0.25, -0.2) is 0 Å². The molecule has 1 N–H and O–H groups in total. The van der Waals surface area contributed by atoms with Crippen LogP contribution in [-0.4, -0.2) is 31.0 Å². The first kappa shape index (κ1) is 14.2. The van der Waals surface area contributed by atoms with E-state index in [0.29, 0.717) is 13.2 Å². The zero-order chi connectivity index (χ0) is 15.3. The number of halogens is 1. The Morgan fingerprint density at radius 2 is 1.95 bits per heavy atom. The van der Waals surface area contributed by atoms with Gasteiger partial charge in [-0.1, -0.05) is 23.7 Å². The maximum Gasteiger partial charge on any atom is 0.125 e. The fourth-order valence-electron chi connectivity index (χ4n) is 2.93. The van der Waals surface area contributed by atoms with Gasteiger partial charge in [0.15, 0.2) is 0 Å². The molecule has 2 aromatic rings. The fraction of sp³-hybridized carbons (Fsp3) is 0.353. The number of thiophene rings is 1. The molecule has 0 aliphatic carbocycles. The minimum atomic E-state index is -0.131. The Kier molecular flexibility index (Phi) is 3.29. The van der Waals surface area contributed by atoms with Gasteiger partial charge < -0.3 is 10.1 Å². The number of hydrogen-bond acceptors (Lipinski definition) is 4. The Balaban J connectivity index is 1.92. The number of rotatable bonds is 1. The molecule has 1 aromatic heterocycles. The lowest BCUT2D eigenvalue weighted by Crippen LogP contribution is -2.53. The zero-order valence-corrected chi connectivity index (χ0v) is 14.1. The average Bonchev–Trinajstić information content (AvgIpc) is 2.66. The van der Waals surface area contributed by atoms with Crippen LogP contribution in [-0.2, 0) is 4.74 Å². The van der Waals surface area contributed by atoms with Gasteiger partial charge in [-0.3, -0.25) is 4.99 Å². The Bertz CT molecular complexity index is 760. The predicted octanol–water partition coefficient (Wildman–Crippen LogP) is 4.05. The highest BCUT2D eigenvalue weighted by Crippen LogP contribution is 2.39. The fourth-order valence-corrected chi connectivity index (χ4v) is 4.12. The van der Waals surface area contributed by atoms with Crippen molar-refractivity contribution in [3.63, 3.8) is 0 Å². The highest BCUT2D eigenvalue weighted by molar-refractivity contribution is 7.16. The van der Waals surface area contributed by atoms with Crippen LogP contribution < -0.4 is 5.32 Å². The molecule has 0 amide bonds. The molecule has 4 rings (SSSR count). The van der Waals surface area contributed by atoms with Gasteiger partial charge >= 0.3 is 0 Å². The number of anilines is 1. The van der Waals surface area contributed by atoms with Gasteiger partial charge in [-0.15, -0.1) is 11.3 Å². The molecular weight excluding hydrogens is 316 g/mol. The zero-order valence-electron chi connectivity index (χ0n) is 12.6. The third-order valence-corrected chi connectivity index (χ3v) is 5.83. The van der Waals surface area contributed by atoms with Crippen LogP contribution >= 0.6 is 22.9 Å². The van der Waals surface area contributed by atoms with E-state index in [1.807, 2.05) is 23.5 Å². The molecule has 0 saturated carbocycles. The maximum absolute atomic E-state index is 6.04. The molecular formula is C17H17ClN2OS. The van der Waals surface area contributed by atoms with Crippen LogP contribution in [0, 0.1) is 13.8 Å². The van der Waals surface area contributed by atoms with Crippen LogP contribution in [0.3, 0.4) is 0 Å². The van der Waals surface area contributed by atoms with Crippen molar-refractivity contribution in [2.45, 2.75) is 19.4 Å². The maximum atomic E-state index is 6.04. The molecule has 0 radical (unpaired) electrons. The van der Waals surface area contributed by atoms with Crippen molar-refractivity contribution < 1.29 is 4.74 Å². The van der Waals surface area contributed by atoms with E-state index in [1.54, 1.807) is 0 Å². The first-order valence-electron chi connectivity index (χ1n) is 7.36. The van der Waals surface area contributed by atoms with E-state index in [-0.39, 0.29) is 5.54 Å². The first-order chi connectivity index (χ1) is 10.6. The van der Waals surface area contributed by atoms with Crippen LogP contribution in [0.15, 0.2) is 29.3 Å². The standard InChI is InChI=1S/C17H17ClN2OS/c1-10-11(2)22-16-14(10)15(12-3-5-13(18)6-4-12)20-17(7-19-16)8-21-9-17/h3-6,19H,7-9H2,1-2H3. The number of nitrogens with zero attached hydrogens (tertiary/aromatic N) is 1. The minimum Gasteiger partial charge on any atom is -0.376 e. The van der Waals surface area contributed by atoms with Gasteiger partial charge in [0.05, 0.1) is 23.9 Å². The molecule has 0 unspecified atom stereocenters. The van der Waals surface area contributed by atoms with E-state index in [0.717, 1.165) is 22.8 Å². The van der Waals surface area contributed by atoms with Gasteiger partial charge in [-0.2, -0.15) is 0 Å². The molecule has 114 valence electrons. The summed E-state index contributed by atoms with van der Waals surface area (Å²) in [5, 5.41) is 5.55. The molecule has 3 nitrogen and oxygen atoms in total. The summed E-state index contributed by atoms with van der Waals surface area (Å²) >= 11 is 7.85. The van der Waals surface area contributed by atoms with E-state index < -0.39 is 0 Å². The average molecular weight is 333 g/mol. The van der Waals surface area contributed by atoms with Crippen molar-refractivity contribution in [3.8, 4) is 0 Å². The van der Waals surface area contributed by atoms with E-state index in [9.17, 15) is 0 Å². The Morgan fingerprint density at radius 1 is 1.23 bits per heavy atom. The molecule has 1 aromatic carbocycles. The smallest absolute Gasteiger partial charge is 0.125 e. The van der Waals surface area contributed by atoms with Crippen LogP contribution in [0.5, 0.6) is 0 Å². The predicted molar refractivity (Wildman–Crippen MR) is 92.9 cm³/mol. The molecule has 22 heavy (non-hydrogen) atoms. The summed E-state index contributed by atoms with van der Waals surface area (Å²) < 4.78 is 5.44. The molecule has 1 spiro atoms. The molecule has 2 aliphatic rings. The van der Waals surface area contributed by atoms with Gasteiger partial charge in [-0.05, 0) is 31.5 Å². The van der Waals surface area contributed by atoms with E-state index in [1.165, 1.54) is 21.0 Å². The van der Waals surface area contributed by atoms with Gasteiger partial charge in [0.2, 0.25) is 0 Å². The summed E-state index contributed by atoms with van der Waals surface area (Å²) in [6.45, 7) is 6.54. The lowest BCUT2D eigenvalue weighted by Gasteiger charge is -2.37. The normalized spacial score (nSPS) is 19.0. The number of nitrogens with one attached hydrogen (secondary N) is 1. The number of benzene rings is 1. The van der Waals surface area contributed by atoms with Crippen LogP contribution in [0.1, 0.15) is 21.6 Å². The Labute approximate surface area is 139 Å². The lowest BCUT2D eigenvalue weighted by molar-refractivity contribution is -0.0443. The molecule has 1 fully saturated rings. The van der Waals surface area contributed by atoms with Crippen molar-refractivity contribution in [3.05, 3.63) is 50.9 Å². The van der Waals surface area contributed by atoms with Gasteiger partial charge in [0.25, 0.3) is 0 Å². The molecule has 0 bridgehead atoms. The minimum absolute atomic E-state index is 0.131. The summed E-state index contributed by atoms with van der Waals surface area (Å²) in [6, 6.07) is 7.96. The van der Waals surface area contributed by atoms with Crippen LogP contribution in [0.2, 0.25) is 5.02 Å². The summed E-state index contributed by atoms with van der Waals surface area (Å²) in [5.41, 5.74) is 4.57. The second-order valence-corrected chi connectivity index (χ2v) is 7.69. The van der Waals surface area contributed by atoms with Gasteiger partial charge in [0.1, 0.15) is 5.54 Å². The summed E-state index contributed by atoms with van der Waals surface area (Å²) in [6.07, 6.45) is 0. The summed E-state index contributed by atoms with van der Waals surface area (Å²) in [4.78, 5) is 6.45. The Hall–Kier alpha value is -1.36. The summed E-state index contributed by atoms with van der Waals surface area (Å²) in [7, 11) is 0. The molecule has 2 aliphatic heterocycles. The second-order valence-electron chi connectivity index (χ2n) is 6.03. The largest absolute Gasteiger partial charge is 0.376 e. The van der Waals surface area contributed by atoms with Crippen LogP contribution in [0.25, 0.3) is 0 Å². The topological polar surface area (TPSA) is 33.6 Å². The van der Waals surface area contributed by atoms with Gasteiger partial charge in [0, 0.05) is 27.6 Å². The number of aryl methyl sites for hydroxylation is 1. The molecule has 3 heterocycles.